The van der Waals surface area contributed by atoms with Gasteiger partial charge in [-0.25, -0.2) is 4.99 Å². The van der Waals surface area contributed by atoms with Crippen molar-refractivity contribution in [3.63, 3.8) is 0 Å². The van der Waals surface area contributed by atoms with E-state index in [9.17, 15) is 4.79 Å². The van der Waals surface area contributed by atoms with E-state index in [4.69, 9.17) is 4.74 Å². The molecule has 0 aromatic carbocycles. The van der Waals surface area contributed by atoms with E-state index >= 15 is 0 Å². The molecule has 6 nitrogen and oxygen atoms in total. The maximum atomic E-state index is 11.6. The first-order valence-corrected chi connectivity index (χ1v) is 8.31. The number of likely N-dealkylation sites (N-methyl/N-ethyl adjacent to an activating group) is 1. The summed E-state index contributed by atoms with van der Waals surface area (Å²) in [6, 6.07) is 0. The first kappa shape index (κ1) is 20.7. The molecule has 0 aromatic heterocycles. The Kier molecular flexibility index (Phi) is 12.6. The lowest BCUT2D eigenvalue weighted by Gasteiger charge is -2.14. The number of hydrogen-bond donors (Lipinski definition) is 2. The summed E-state index contributed by atoms with van der Waals surface area (Å²) in [5, 5.41) is 6.53. The number of aliphatic imine (C=N–C) groups is 1. The van der Waals surface area contributed by atoms with Gasteiger partial charge in [0.1, 0.15) is 6.54 Å². The number of hydrogen-bond acceptors (Lipinski definition) is 3. The van der Waals surface area contributed by atoms with Crippen molar-refractivity contribution < 1.29 is 9.53 Å². The molecule has 0 fully saturated rings. The van der Waals surface area contributed by atoms with Gasteiger partial charge in [-0.15, -0.1) is 0 Å². The van der Waals surface area contributed by atoms with Crippen molar-refractivity contribution in [2.75, 3.05) is 40.3 Å². The highest BCUT2D eigenvalue weighted by atomic mass is 16.5. The Morgan fingerprint density at radius 1 is 1.14 bits per heavy atom. The first-order chi connectivity index (χ1) is 10.5. The SMILES string of the molecule is CCCCNC(=NCC(=O)N(C)C)NCCCCOC(C)C. The number of amides is 1. The van der Waals surface area contributed by atoms with Gasteiger partial charge in [-0.2, -0.15) is 0 Å². The Hall–Kier alpha value is -1.30. The zero-order chi connectivity index (χ0) is 16.8. The minimum atomic E-state index is 0.00178. The van der Waals surface area contributed by atoms with E-state index in [1.807, 2.05) is 13.8 Å². The highest BCUT2D eigenvalue weighted by Gasteiger charge is 2.04. The molecule has 0 rings (SSSR count). The molecule has 0 radical (unpaired) electrons. The molecule has 1 amide bonds. The Morgan fingerprint density at radius 2 is 1.77 bits per heavy atom. The Morgan fingerprint density at radius 3 is 2.32 bits per heavy atom. The lowest BCUT2D eigenvalue weighted by molar-refractivity contribution is -0.127. The second-order valence-electron chi connectivity index (χ2n) is 5.79. The summed E-state index contributed by atoms with van der Waals surface area (Å²) < 4.78 is 5.51. The third-order valence-electron chi connectivity index (χ3n) is 3.01. The number of carbonyl (C=O) groups excluding carboxylic acids is 1. The van der Waals surface area contributed by atoms with E-state index in [-0.39, 0.29) is 18.6 Å². The van der Waals surface area contributed by atoms with Crippen molar-refractivity contribution in [3.8, 4) is 0 Å². The van der Waals surface area contributed by atoms with E-state index in [0.717, 1.165) is 45.4 Å². The van der Waals surface area contributed by atoms with Crippen molar-refractivity contribution in [1.29, 1.82) is 0 Å². The summed E-state index contributed by atoms with van der Waals surface area (Å²) in [4.78, 5) is 17.5. The van der Waals surface area contributed by atoms with Gasteiger partial charge in [-0.1, -0.05) is 13.3 Å². The smallest absolute Gasteiger partial charge is 0.243 e. The highest BCUT2D eigenvalue weighted by molar-refractivity contribution is 5.84. The number of nitrogens with one attached hydrogen (secondary N) is 2. The van der Waals surface area contributed by atoms with Crippen LogP contribution >= 0.6 is 0 Å². The topological polar surface area (TPSA) is 66.0 Å². The van der Waals surface area contributed by atoms with Crippen molar-refractivity contribution in [3.05, 3.63) is 0 Å². The molecule has 0 aromatic rings. The van der Waals surface area contributed by atoms with Gasteiger partial charge in [0, 0.05) is 33.8 Å². The molecule has 0 heterocycles. The van der Waals surface area contributed by atoms with Gasteiger partial charge in [-0.05, 0) is 33.1 Å². The van der Waals surface area contributed by atoms with Gasteiger partial charge >= 0.3 is 0 Å². The number of nitrogens with zero attached hydrogens (tertiary/aromatic N) is 2. The maximum Gasteiger partial charge on any atom is 0.243 e. The fourth-order valence-corrected chi connectivity index (χ4v) is 1.60. The molecular formula is C16H34N4O2. The number of unbranched alkanes of at least 4 members (excludes halogenated alkanes) is 2. The largest absolute Gasteiger partial charge is 0.379 e. The monoisotopic (exact) mass is 314 g/mol. The van der Waals surface area contributed by atoms with E-state index in [2.05, 4.69) is 22.5 Å². The Bertz CT molecular complexity index is 317. The lowest BCUT2D eigenvalue weighted by Crippen LogP contribution is -2.39. The van der Waals surface area contributed by atoms with Crippen molar-refractivity contribution in [1.82, 2.24) is 15.5 Å². The molecule has 130 valence electrons. The zero-order valence-electron chi connectivity index (χ0n) is 14.9. The highest BCUT2D eigenvalue weighted by Crippen LogP contribution is 1.93. The molecule has 0 saturated heterocycles. The molecule has 0 aliphatic carbocycles. The molecule has 0 atom stereocenters. The summed E-state index contributed by atoms with van der Waals surface area (Å²) in [5.74, 6) is 0.718. The van der Waals surface area contributed by atoms with Crippen LogP contribution in [0.25, 0.3) is 0 Å². The van der Waals surface area contributed by atoms with Crippen molar-refractivity contribution in [2.24, 2.45) is 4.99 Å². The van der Waals surface area contributed by atoms with E-state index < -0.39 is 0 Å². The van der Waals surface area contributed by atoms with Gasteiger partial charge in [-0.3, -0.25) is 4.79 Å². The minimum absolute atomic E-state index is 0.00178. The fraction of sp³-hybridized carbons (Fsp3) is 0.875. The van der Waals surface area contributed by atoms with Gasteiger partial charge in [0.05, 0.1) is 6.10 Å². The molecule has 2 N–H and O–H groups in total. The van der Waals surface area contributed by atoms with Crippen LogP contribution in [0.3, 0.4) is 0 Å². The second kappa shape index (κ2) is 13.4. The number of ether oxygens (including phenoxy) is 1. The molecular weight excluding hydrogens is 280 g/mol. The van der Waals surface area contributed by atoms with E-state index in [0.29, 0.717) is 5.96 Å². The molecule has 0 bridgehead atoms. The van der Waals surface area contributed by atoms with Crippen molar-refractivity contribution >= 4 is 11.9 Å². The summed E-state index contributed by atoms with van der Waals surface area (Å²) in [6.45, 7) is 8.89. The Balaban J connectivity index is 4.06. The summed E-state index contributed by atoms with van der Waals surface area (Å²) in [7, 11) is 3.48. The van der Waals surface area contributed by atoms with Crippen LogP contribution in [0.2, 0.25) is 0 Å². The number of carbonyl (C=O) groups is 1. The Labute approximate surface area is 135 Å². The van der Waals surface area contributed by atoms with Crippen LogP contribution < -0.4 is 10.6 Å². The average molecular weight is 314 g/mol. The second-order valence-corrected chi connectivity index (χ2v) is 5.79. The number of guanidine groups is 1. The van der Waals surface area contributed by atoms with Crippen molar-refractivity contribution in [2.45, 2.75) is 52.6 Å². The summed E-state index contributed by atoms with van der Waals surface area (Å²) >= 11 is 0. The van der Waals surface area contributed by atoms with Crippen LogP contribution in [0.15, 0.2) is 4.99 Å². The summed E-state index contributed by atoms with van der Waals surface area (Å²) in [6.07, 6.45) is 4.54. The van der Waals surface area contributed by atoms with Gasteiger partial charge in [0.15, 0.2) is 5.96 Å². The normalized spacial score (nSPS) is 11.6. The van der Waals surface area contributed by atoms with E-state index in [1.54, 1.807) is 19.0 Å². The predicted molar refractivity (Wildman–Crippen MR) is 92.2 cm³/mol. The van der Waals surface area contributed by atoms with Crippen LogP contribution in [-0.4, -0.2) is 63.2 Å². The van der Waals surface area contributed by atoms with Gasteiger partial charge < -0.3 is 20.3 Å². The first-order valence-electron chi connectivity index (χ1n) is 8.31. The third kappa shape index (κ3) is 12.4. The molecule has 22 heavy (non-hydrogen) atoms. The maximum absolute atomic E-state index is 11.6. The zero-order valence-corrected chi connectivity index (χ0v) is 14.9. The molecule has 0 saturated carbocycles. The predicted octanol–water partition coefficient (Wildman–Crippen LogP) is 1.62. The standard InChI is InChI=1S/C16H34N4O2/c1-6-7-10-17-16(19-13-15(21)20(4)5)18-11-8-9-12-22-14(2)3/h14H,6-13H2,1-5H3,(H2,17,18,19). The fourth-order valence-electron chi connectivity index (χ4n) is 1.60. The molecule has 0 aliphatic heterocycles. The van der Waals surface area contributed by atoms with Crippen LogP contribution in [0.1, 0.15) is 46.5 Å². The van der Waals surface area contributed by atoms with Crippen LogP contribution in [0.4, 0.5) is 0 Å². The average Bonchev–Trinajstić information content (AvgIpc) is 2.46. The van der Waals surface area contributed by atoms with E-state index in [1.165, 1.54) is 0 Å². The number of rotatable bonds is 11. The van der Waals surface area contributed by atoms with Crippen LogP contribution in [0.5, 0.6) is 0 Å². The molecule has 6 heteroatoms. The molecule has 0 aliphatic rings. The molecule has 0 spiro atoms. The van der Waals surface area contributed by atoms with Gasteiger partial charge in [0.2, 0.25) is 5.91 Å². The van der Waals surface area contributed by atoms with Crippen LogP contribution in [0, 0.1) is 0 Å². The quantitative estimate of drug-likeness (QED) is 0.345. The minimum Gasteiger partial charge on any atom is -0.379 e. The summed E-state index contributed by atoms with van der Waals surface area (Å²) in [5.41, 5.74) is 0. The third-order valence-corrected chi connectivity index (χ3v) is 3.01. The lowest BCUT2D eigenvalue weighted by atomic mass is 10.3. The van der Waals surface area contributed by atoms with Crippen LogP contribution in [-0.2, 0) is 9.53 Å². The van der Waals surface area contributed by atoms with Gasteiger partial charge in [0.25, 0.3) is 0 Å². The molecule has 0 unspecified atom stereocenters.